The molecule has 0 radical (unpaired) electrons. The fraction of sp³-hybridized carbons (Fsp3) is 0.533. The number of ketones is 1. The molecule has 1 fully saturated rings. The molecule has 1 aliphatic rings. The molecule has 2 atom stereocenters. The van der Waals surface area contributed by atoms with E-state index in [1.807, 2.05) is 0 Å². The number of hydrogen-bond acceptors (Lipinski definition) is 2. The number of hydrogen-bond donors (Lipinski definition) is 0. The highest BCUT2D eigenvalue weighted by Crippen LogP contribution is 2.25. The van der Waals surface area contributed by atoms with E-state index >= 15 is 0 Å². The Balaban J connectivity index is 2.09. The lowest BCUT2D eigenvalue weighted by atomic mass is 9.96. The topological polar surface area (TPSA) is 20.3 Å². The monoisotopic (exact) mass is 299 g/mol. The lowest BCUT2D eigenvalue weighted by Crippen LogP contribution is -2.46. The average Bonchev–Trinajstić information content (AvgIpc) is 2.37. The van der Waals surface area contributed by atoms with Gasteiger partial charge in [-0.05, 0) is 44.9 Å². The zero-order valence-electron chi connectivity index (χ0n) is 11.3. The summed E-state index contributed by atoms with van der Waals surface area (Å²) in [7, 11) is 0. The third-order valence-electron chi connectivity index (χ3n) is 3.94. The van der Waals surface area contributed by atoms with Crippen molar-refractivity contribution < 1.29 is 4.79 Å². The molecule has 0 spiro atoms. The Morgan fingerprint density at radius 3 is 2.42 bits per heavy atom. The lowest BCUT2D eigenvalue weighted by molar-refractivity contribution is 0.0734. The van der Waals surface area contributed by atoms with Crippen molar-refractivity contribution >= 4 is 29.0 Å². The summed E-state index contributed by atoms with van der Waals surface area (Å²) in [5.74, 6) is 0.110. The van der Waals surface area contributed by atoms with Gasteiger partial charge in [0.2, 0.25) is 0 Å². The fourth-order valence-electron chi connectivity index (χ4n) is 2.71. The molecule has 0 aromatic heterocycles. The normalized spacial score (nSPS) is 24.4. The van der Waals surface area contributed by atoms with Crippen molar-refractivity contribution in [2.75, 3.05) is 6.54 Å². The lowest BCUT2D eigenvalue weighted by Gasteiger charge is -2.38. The van der Waals surface area contributed by atoms with Crippen LogP contribution in [0.15, 0.2) is 18.2 Å². The number of carbonyl (C=O) groups is 1. The van der Waals surface area contributed by atoms with Crippen LogP contribution in [0.2, 0.25) is 10.0 Å². The summed E-state index contributed by atoms with van der Waals surface area (Å²) in [5.41, 5.74) is 0.638. The number of Topliss-reactive ketones (excluding diaryl/α,β-unsaturated/α-hetero) is 1. The van der Waals surface area contributed by atoms with Gasteiger partial charge in [0.1, 0.15) is 0 Å². The number of carbonyl (C=O) groups excluding carboxylic acids is 1. The maximum atomic E-state index is 12.3. The van der Waals surface area contributed by atoms with Gasteiger partial charge < -0.3 is 0 Å². The van der Waals surface area contributed by atoms with E-state index in [9.17, 15) is 4.79 Å². The van der Waals surface area contributed by atoms with Gasteiger partial charge in [0.25, 0.3) is 0 Å². The highest BCUT2D eigenvalue weighted by atomic mass is 35.5. The molecule has 2 nitrogen and oxygen atoms in total. The Bertz CT molecular complexity index is 465. The van der Waals surface area contributed by atoms with Gasteiger partial charge in [0, 0.05) is 17.6 Å². The minimum atomic E-state index is 0.110. The van der Waals surface area contributed by atoms with Gasteiger partial charge >= 0.3 is 0 Å². The number of benzene rings is 1. The third kappa shape index (κ3) is 3.50. The van der Waals surface area contributed by atoms with E-state index in [1.165, 1.54) is 19.3 Å². The molecule has 0 amide bonds. The molecule has 1 aromatic rings. The summed E-state index contributed by atoms with van der Waals surface area (Å²) in [6.07, 6.45) is 3.58. The van der Waals surface area contributed by atoms with Gasteiger partial charge in [-0.25, -0.2) is 0 Å². The molecule has 0 unspecified atom stereocenters. The van der Waals surface area contributed by atoms with E-state index in [1.54, 1.807) is 18.2 Å². The van der Waals surface area contributed by atoms with Crippen LogP contribution < -0.4 is 0 Å². The Morgan fingerprint density at radius 1 is 1.21 bits per heavy atom. The van der Waals surface area contributed by atoms with Crippen molar-refractivity contribution in [2.24, 2.45) is 0 Å². The number of piperidine rings is 1. The van der Waals surface area contributed by atoms with Crippen molar-refractivity contribution in [3.05, 3.63) is 33.8 Å². The van der Waals surface area contributed by atoms with E-state index in [0.717, 1.165) is 0 Å². The SMILES string of the molecule is C[C@H]1CCC[C@H](C)N1CC(=O)c1ccc(Cl)c(Cl)c1. The summed E-state index contributed by atoms with van der Waals surface area (Å²) in [5, 5.41) is 0.921. The number of rotatable bonds is 3. The predicted octanol–water partition coefficient (Wildman–Crippen LogP) is 4.44. The number of halogens is 2. The zero-order chi connectivity index (χ0) is 14.0. The van der Waals surface area contributed by atoms with E-state index in [4.69, 9.17) is 23.2 Å². The molecule has 1 aliphatic heterocycles. The Morgan fingerprint density at radius 2 is 1.84 bits per heavy atom. The van der Waals surface area contributed by atoms with Crippen molar-refractivity contribution in [3.8, 4) is 0 Å². The van der Waals surface area contributed by atoms with Crippen LogP contribution in [-0.2, 0) is 0 Å². The van der Waals surface area contributed by atoms with Crippen molar-refractivity contribution in [1.82, 2.24) is 4.90 Å². The molecule has 19 heavy (non-hydrogen) atoms. The van der Waals surface area contributed by atoms with Crippen LogP contribution in [0.4, 0.5) is 0 Å². The number of likely N-dealkylation sites (tertiary alicyclic amines) is 1. The highest BCUT2D eigenvalue weighted by molar-refractivity contribution is 6.42. The highest BCUT2D eigenvalue weighted by Gasteiger charge is 2.26. The Hall–Kier alpha value is -0.570. The van der Waals surface area contributed by atoms with Crippen molar-refractivity contribution in [3.63, 3.8) is 0 Å². The first kappa shape index (κ1) is 14.8. The average molecular weight is 300 g/mol. The summed E-state index contributed by atoms with van der Waals surface area (Å²) < 4.78 is 0. The molecular formula is C15H19Cl2NO. The Kier molecular flexibility index (Phi) is 4.88. The van der Waals surface area contributed by atoms with Crippen LogP contribution >= 0.6 is 23.2 Å². The van der Waals surface area contributed by atoms with E-state index < -0.39 is 0 Å². The first-order valence-electron chi connectivity index (χ1n) is 6.73. The summed E-state index contributed by atoms with van der Waals surface area (Å²) in [6, 6.07) is 6.02. The van der Waals surface area contributed by atoms with Gasteiger partial charge in [-0.15, -0.1) is 0 Å². The van der Waals surface area contributed by atoms with E-state index in [2.05, 4.69) is 18.7 Å². The largest absolute Gasteiger partial charge is 0.293 e. The van der Waals surface area contributed by atoms with Crippen molar-refractivity contribution in [2.45, 2.75) is 45.2 Å². The maximum absolute atomic E-state index is 12.3. The Labute approximate surface area is 124 Å². The minimum Gasteiger partial charge on any atom is -0.293 e. The van der Waals surface area contributed by atoms with E-state index in [-0.39, 0.29) is 5.78 Å². The first-order chi connectivity index (χ1) is 8.99. The van der Waals surface area contributed by atoms with Gasteiger partial charge in [0.05, 0.1) is 16.6 Å². The molecule has 104 valence electrons. The molecule has 0 saturated carbocycles. The second-order valence-corrected chi connectivity index (χ2v) is 6.17. The molecule has 4 heteroatoms. The number of nitrogens with zero attached hydrogens (tertiary/aromatic N) is 1. The summed E-state index contributed by atoms with van der Waals surface area (Å²) in [6.45, 7) is 4.84. The predicted molar refractivity (Wildman–Crippen MR) is 80.3 cm³/mol. The zero-order valence-corrected chi connectivity index (χ0v) is 12.8. The van der Waals surface area contributed by atoms with Crippen LogP contribution in [0.25, 0.3) is 0 Å². The van der Waals surface area contributed by atoms with Gasteiger partial charge in [-0.3, -0.25) is 9.69 Å². The molecule has 1 heterocycles. The minimum absolute atomic E-state index is 0.110. The first-order valence-corrected chi connectivity index (χ1v) is 7.48. The summed E-state index contributed by atoms with van der Waals surface area (Å²) in [4.78, 5) is 14.6. The fourth-order valence-corrected chi connectivity index (χ4v) is 3.01. The molecule has 0 aliphatic carbocycles. The summed E-state index contributed by atoms with van der Waals surface area (Å²) >= 11 is 11.8. The maximum Gasteiger partial charge on any atom is 0.176 e. The van der Waals surface area contributed by atoms with Crippen molar-refractivity contribution in [1.29, 1.82) is 0 Å². The van der Waals surface area contributed by atoms with Gasteiger partial charge in [0.15, 0.2) is 5.78 Å². The smallest absolute Gasteiger partial charge is 0.176 e. The molecule has 1 saturated heterocycles. The van der Waals surface area contributed by atoms with Gasteiger partial charge in [-0.1, -0.05) is 29.6 Å². The van der Waals surface area contributed by atoms with Crippen LogP contribution in [0.1, 0.15) is 43.5 Å². The van der Waals surface area contributed by atoms with Gasteiger partial charge in [-0.2, -0.15) is 0 Å². The van der Waals surface area contributed by atoms with Crippen LogP contribution in [-0.4, -0.2) is 29.3 Å². The standard InChI is InChI=1S/C15H19Cl2NO/c1-10-4-3-5-11(2)18(10)9-15(19)12-6-7-13(16)14(17)8-12/h6-8,10-11H,3-5,9H2,1-2H3/t10-,11-/m0/s1. The second-order valence-electron chi connectivity index (χ2n) is 5.35. The second kappa shape index (κ2) is 6.25. The molecular weight excluding hydrogens is 281 g/mol. The van der Waals surface area contributed by atoms with E-state index in [0.29, 0.717) is 34.2 Å². The van der Waals surface area contributed by atoms with Crippen LogP contribution in [0, 0.1) is 0 Å². The molecule has 1 aromatic carbocycles. The molecule has 2 rings (SSSR count). The van der Waals surface area contributed by atoms with Crippen LogP contribution in [0.3, 0.4) is 0 Å². The molecule has 0 N–H and O–H groups in total. The van der Waals surface area contributed by atoms with Crippen LogP contribution in [0.5, 0.6) is 0 Å². The third-order valence-corrected chi connectivity index (χ3v) is 4.68. The quantitative estimate of drug-likeness (QED) is 0.769. The molecule has 0 bridgehead atoms.